The van der Waals surface area contributed by atoms with Crippen molar-refractivity contribution in [3.05, 3.63) is 29.8 Å². The number of nitrogens with one attached hydrogen (secondary N) is 1. The quantitative estimate of drug-likeness (QED) is 0.837. The maximum atomic E-state index is 3.78. The molecule has 0 unspecified atom stereocenters. The van der Waals surface area contributed by atoms with Gasteiger partial charge in [0.05, 0.1) is 0 Å². The highest BCUT2D eigenvalue weighted by Crippen LogP contribution is 2.21. The zero-order chi connectivity index (χ0) is 14.4. The number of piperidine rings is 1. The van der Waals surface area contributed by atoms with Gasteiger partial charge in [-0.25, -0.2) is 0 Å². The summed E-state index contributed by atoms with van der Waals surface area (Å²) >= 11 is 0. The van der Waals surface area contributed by atoms with Crippen LogP contribution in [0.3, 0.4) is 0 Å². The molecule has 2 heteroatoms. The van der Waals surface area contributed by atoms with Crippen LogP contribution in [0.15, 0.2) is 24.3 Å². The van der Waals surface area contributed by atoms with Gasteiger partial charge in [-0.1, -0.05) is 45.4 Å². The highest BCUT2D eigenvalue weighted by atomic mass is 15.1. The Morgan fingerprint density at radius 1 is 1.20 bits per heavy atom. The second kappa shape index (κ2) is 7.68. The van der Waals surface area contributed by atoms with Crippen LogP contribution in [0, 0.1) is 5.92 Å². The van der Waals surface area contributed by atoms with Gasteiger partial charge < -0.3 is 10.2 Å². The summed E-state index contributed by atoms with van der Waals surface area (Å²) in [6.07, 6.45) is 4.93. The molecule has 1 fully saturated rings. The lowest BCUT2D eigenvalue weighted by Gasteiger charge is -2.34. The summed E-state index contributed by atoms with van der Waals surface area (Å²) in [5.41, 5.74) is 2.83. The number of hydrogen-bond acceptors (Lipinski definition) is 2. The Morgan fingerprint density at radius 3 is 2.55 bits per heavy atom. The number of aryl methyl sites for hydroxylation is 1. The van der Waals surface area contributed by atoms with Gasteiger partial charge in [-0.05, 0) is 36.8 Å². The van der Waals surface area contributed by atoms with Crippen LogP contribution in [0.4, 0.5) is 5.69 Å². The number of benzene rings is 1. The zero-order valence-corrected chi connectivity index (χ0v) is 13.4. The van der Waals surface area contributed by atoms with Crippen molar-refractivity contribution in [1.29, 1.82) is 0 Å². The number of likely N-dealkylation sites (tertiary alicyclic amines) is 1. The third-order valence-electron chi connectivity index (χ3n) is 4.11. The maximum absolute atomic E-state index is 3.78. The summed E-state index contributed by atoms with van der Waals surface area (Å²) in [5, 5.41) is 3.78. The van der Waals surface area contributed by atoms with E-state index in [1.165, 1.54) is 56.6 Å². The van der Waals surface area contributed by atoms with Crippen LogP contribution in [0.5, 0.6) is 0 Å². The predicted molar refractivity (Wildman–Crippen MR) is 88.4 cm³/mol. The van der Waals surface area contributed by atoms with Gasteiger partial charge in [0.15, 0.2) is 0 Å². The van der Waals surface area contributed by atoms with Crippen LogP contribution in [0.2, 0.25) is 0 Å². The van der Waals surface area contributed by atoms with Crippen LogP contribution in [0.1, 0.15) is 45.6 Å². The van der Waals surface area contributed by atoms with Gasteiger partial charge in [0.25, 0.3) is 0 Å². The number of rotatable bonds is 6. The molecule has 1 N–H and O–H groups in total. The van der Waals surface area contributed by atoms with Gasteiger partial charge in [-0.2, -0.15) is 0 Å². The first-order valence-corrected chi connectivity index (χ1v) is 8.25. The molecule has 0 saturated carbocycles. The molecule has 1 aromatic carbocycles. The summed E-state index contributed by atoms with van der Waals surface area (Å²) in [6.45, 7) is 10.6. The van der Waals surface area contributed by atoms with E-state index in [2.05, 4.69) is 55.3 Å². The average Bonchev–Trinajstić information content (AvgIpc) is 2.43. The van der Waals surface area contributed by atoms with Gasteiger partial charge in [-0.15, -0.1) is 0 Å². The molecule has 0 bridgehead atoms. The van der Waals surface area contributed by atoms with Crippen molar-refractivity contribution in [1.82, 2.24) is 4.90 Å². The maximum Gasteiger partial charge on any atom is 0.0374 e. The van der Waals surface area contributed by atoms with E-state index in [9.17, 15) is 0 Å². The Kier molecular flexibility index (Phi) is 5.90. The third-order valence-corrected chi connectivity index (χ3v) is 4.11. The van der Waals surface area contributed by atoms with Gasteiger partial charge in [0.1, 0.15) is 0 Å². The van der Waals surface area contributed by atoms with Crippen molar-refractivity contribution in [2.24, 2.45) is 5.92 Å². The van der Waals surface area contributed by atoms with Crippen molar-refractivity contribution in [2.45, 2.75) is 52.5 Å². The largest absolute Gasteiger partial charge is 0.382 e. The summed E-state index contributed by atoms with van der Waals surface area (Å²) in [4.78, 5) is 2.61. The molecule has 0 atom stereocenters. The summed E-state index contributed by atoms with van der Waals surface area (Å²) in [7, 11) is 0. The molecule has 1 aliphatic heterocycles. The van der Waals surface area contributed by atoms with Crippen molar-refractivity contribution in [3.8, 4) is 0 Å². The Hall–Kier alpha value is -1.02. The Bertz CT molecular complexity index is 392. The van der Waals surface area contributed by atoms with E-state index in [4.69, 9.17) is 0 Å². The normalized spacial score (nSPS) is 17.6. The molecular formula is C18H30N2. The van der Waals surface area contributed by atoms with E-state index in [1.807, 2.05) is 0 Å². The van der Waals surface area contributed by atoms with Gasteiger partial charge in [0, 0.05) is 31.4 Å². The van der Waals surface area contributed by atoms with Crippen LogP contribution in [-0.4, -0.2) is 30.6 Å². The Morgan fingerprint density at radius 2 is 1.90 bits per heavy atom. The predicted octanol–water partition coefficient (Wildman–Crippen LogP) is 4.17. The average molecular weight is 274 g/mol. The first kappa shape index (κ1) is 15.4. The highest BCUT2D eigenvalue weighted by molar-refractivity contribution is 5.51. The molecule has 1 saturated heterocycles. The van der Waals surface area contributed by atoms with Crippen LogP contribution < -0.4 is 5.32 Å². The van der Waals surface area contributed by atoms with Gasteiger partial charge in [-0.3, -0.25) is 0 Å². The molecule has 1 heterocycles. The Balaban J connectivity index is 1.86. The van der Waals surface area contributed by atoms with Crippen LogP contribution in [0.25, 0.3) is 0 Å². The fourth-order valence-corrected chi connectivity index (χ4v) is 3.14. The van der Waals surface area contributed by atoms with Gasteiger partial charge in [0.2, 0.25) is 0 Å². The molecule has 1 aliphatic rings. The molecular weight excluding hydrogens is 244 g/mol. The van der Waals surface area contributed by atoms with E-state index in [0.717, 1.165) is 5.92 Å². The van der Waals surface area contributed by atoms with Crippen molar-refractivity contribution in [3.63, 3.8) is 0 Å². The molecule has 0 aromatic heterocycles. The minimum Gasteiger partial charge on any atom is -0.382 e. The lowest BCUT2D eigenvalue weighted by molar-refractivity contribution is 0.198. The molecule has 2 rings (SSSR count). The summed E-state index contributed by atoms with van der Waals surface area (Å²) in [6, 6.07) is 9.46. The van der Waals surface area contributed by atoms with E-state index in [1.54, 1.807) is 0 Å². The lowest BCUT2D eigenvalue weighted by atomic mass is 10.0. The fraction of sp³-hybridized carbons (Fsp3) is 0.667. The number of para-hydroxylation sites is 1. The summed E-state index contributed by atoms with van der Waals surface area (Å²) < 4.78 is 0. The lowest BCUT2D eigenvalue weighted by Crippen LogP contribution is -2.40. The van der Waals surface area contributed by atoms with Crippen molar-refractivity contribution >= 4 is 5.69 Å². The smallest absolute Gasteiger partial charge is 0.0374 e. The van der Waals surface area contributed by atoms with E-state index >= 15 is 0 Å². The molecule has 112 valence electrons. The summed E-state index contributed by atoms with van der Waals surface area (Å²) in [5.74, 6) is 0.782. The molecule has 2 nitrogen and oxygen atoms in total. The molecule has 20 heavy (non-hydrogen) atoms. The molecule has 1 aromatic rings. The SMILES string of the molecule is CCCc1ccccc1NC1CCN(CC(C)C)CC1. The second-order valence-corrected chi connectivity index (χ2v) is 6.52. The van der Waals surface area contributed by atoms with E-state index in [-0.39, 0.29) is 0 Å². The third kappa shape index (κ3) is 4.52. The monoisotopic (exact) mass is 274 g/mol. The molecule has 0 radical (unpaired) electrons. The van der Waals surface area contributed by atoms with Crippen molar-refractivity contribution < 1.29 is 0 Å². The molecule has 0 amide bonds. The Labute approximate surface area is 124 Å². The zero-order valence-electron chi connectivity index (χ0n) is 13.4. The van der Waals surface area contributed by atoms with Crippen LogP contribution >= 0.6 is 0 Å². The minimum absolute atomic E-state index is 0.649. The number of anilines is 1. The van der Waals surface area contributed by atoms with Crippen molar-refractivity contribution in [2.75, 3.05) is 25.0 Å². The standard InChI is InChI=1S/C18H30N2/c1-4-7-16-8-5-6-9-18(16)19-17-10-12-20(13-11-17)14-15(2)3/h5-6,8-9,15,17,19H,4,7,10-14H2,1-3H3. The topological polar surface area (TPSA) is 15.3 Å². The molecule has 0 spiro atoms. The van der Waals surface area contributed by atoms with E-state index < -0.39 is 0 Å². The van der Waals surface area contributed by atoms with Crippen LogP contribution in [-0.2, 0) is 6.42 Å². The second-order valence-electron chi connectivity index (χ2n) is 6.52. The van der Waals surface area contributed by atoms with Gasteiger partial charge >= 0.3 is 0 Å². The minimum atomic E-state index is 0.649. The first-order chi connectivity index (χ1) is 9.69. The molecule has 0 aliphatic carbocycles. The highest BCUT2D eigenvalue weighted by Gasteiger charge is 2.19. The first-order valence-electron chi connectivity index (χ1n) is 8.25. The number of nitrogens with zero attached hydrogens (tertiary/aromatic N) is 1. The fourth-order valence-electron chi connectivity index (χ4n) is 3.14. The van der Waals surface area contributed by atoms with E-state index in [0.29, 0.717) is 6.04 Å². The number of hydrogen-bond donors (Lipinski definition) is 1.